The number of carbonyl (C=O) groups excluding carboxylic acids is 2. The van der Waals surface area contributed by atoms with E-state index < -0.39 is 23.4 Å². The number of carbonyl (C=O) groups is 4. The summed E-state index contributed by atoms with van der Waals surface area (Å²) in [7, 11) is 1.37. The second-order valence-electron chi connectivity index (χ2n) is 9.43. The summed E-state index contributed by atoms with van der Waals surface area (Å²) in [6.45, 7) is 4.44. The molecule has 14 nitrogen and oxygen atoms in total. The summed E-state index contributed by atoms with van der Waals surface area (Å²) in [4.78, 5) is 62.0. The van der Waals surface area contributed by atoms with Gasteiger partial charge in [0.15, 0.2) is 0 Å². The fraction of sp³-hybridized carbons (Fsp3) is 0.444. The molecule has 0 saturated carbocycles. The van der Waals surface area contributed by atoms with Crippen molar-refractivity contribution < 1.29 is 34.1 Å². The van der Waals surface area contributed by atoms with Gasteiger partial charge in [-0.05, 0) is 46.8 Å². The van der Waals surface area contributed by atoms with E-state index in [0.717, 1.165) is 6.42 Å². The molecule has 1 aromatic carbocycles. The predicted molar refractivity (Wildman–Crippen MR) is 152 cm³/mol. The highest BCUT2D eigenvalue weighted by Gasteiger charge is 2.49. The summed E-state index contributed by atoms with van der Waals surface area (Å²) in [5.74, 6) is -4.17. The normalized spacial score (nSPS) is 14.3. The number of nitrogens with zero attached hydrogens (tertiary/aromatic N) is 6. The number of aliphatic carboxylic acids is 2. The number of thiophene rings is 1. The average molecular weight is 603 g/mol. The number of aryl methyl sites for hydroxylation is 2. The molecule has 4 rings (SSSR count). The van der Waals surface area contributed by atoms with E-state index >= 15 is 0 Å². The molecule has 0 unspecified atom stereocenters. The molecule has 0 radical (unpaired) electrons. The molecule has 42 heavy (non-hydrogen) atoms. The number of rotatable bonds is 10. The maximum atomic E-state index is 13.1. The fourth-order valence-electron chi connectivity index (χ4n) is 4.71. The van der Waals surface area contributed by atoms with E-state index in [0.29, 0.717) is 51.3 Å². The summed E-state index contributed by atoms with van der Waals surface area (Å²) in [6.07, 6.45) is 1.89. The number of esters is 1. The Labute approximate surface area is 245 Å². The lowest BCUT2D eigenvalue weighted by Gasteiger charge is -2.46. The zero-order valence-corrected chi connectivity index (χ0v) is 24.2. The molecule has 2 N–H and O–H groups in total. The molecule has 3 aromatic rings. The van der Waals surface area contributed by atoms with E-state index in [2.05, 4.69) is 15.3 Å². The van der Waals surface area contributed by atoms with Gasteiger partial charge in [-0.15, -0.1) is 11.3 Å². The van der Waals surface area contributed by atoms with Gasteiger partial charge in [0.25, 0.3) is 0 Å². The topological polar surface area (TPSA) is 177 Å². The summed E-state index contributed by atoms with van der Waals surface area (Å²) in [6, 6.07) is 13.3. The van der Waals surface area contributed by atoms with Crippen molar-refractivity contribution in [1.82, 2.24) is 24.7 Å². The quantitative estimate of drug-likeness (QED) is 0.253. The number of likely N-dealkylation sites (tertiary alicyclic amines) is 1. The van der Waals surface area contributed by atoms with Crippen LogP contribution in [0.2, 0.25) is 0 Å². The highest BCUT2D eigenvalue weighted by molar-refractivity contribution is 7.09. The molecule has 226 valence electrons. The van der Waals surface area contributed by atoms with Crippen molar-refractivity contribution in [2.45, 2.75) is 51.2 Å². The monoisotopic (exact) mass is 602 g/mol. The summed E-state index contributed by atoms with van der Waals surface area (Å²) in [5.41, 5.74) is -0.605. The Hall–Kier alpha value is -4.37. The third-order valence-corrected chi connectivity index (χ3v) is 7.84. The standard InChI is InChI=1S/C25H32N6O4S.C2H2O4/c1-3-22(32)31(20-8-5-4-6-9-20)25(23(33)35-2)12-15-28(16-13-25)17-18-30-24(34)29(26-27-30)14-11-21-10-7-19-36-21;3-1(4)2(5)6/h4-10,19H,3,11-18H2,1-2H3;(H,3,4)(H,5,6). The third-order valence-electron chi connectivity index (χ3n) is 6.90. The number of ether oxygens (including phenoxy) is 1. The Morgan fingerprint density at radius 2 is 1.57 bits per heavy atom. The number of aromatic nitrogens is 4. The molecular weight excluding hydrogens is 568 g/mol. The van der Waals surface area contributed by atoms with Crippen LogP contribution in [0, 0.1) is 0 Å². The Balaban J connectivity index is 0.000000730. The van der Waals surface area contributed by atoms with Crippen molar-refractivity contribution in [3.05, 3.63) is 63.2 Å². The van der Waals surface area contributed by atoms with Gasteiger partial charge in [-0.1, -0.05) is 31.2 Å². The number of para-hydroxylation sites is 1. The number of carboxylic acid groups (broad SMARTS) is 2. The fourth-order valence-corrected chi connectivity index (χ4v) is 5.41. The number of methoxy groups -OCH3 is 1. The van der Waals surface area contributed by atoms with Gasteiger partial charge in [0.05, 0.1) is 20.2 Å². The van der Waals surface area contributed by atoms with Gasteiger partial charge in [0.2, 0.25) is 5.91 Å². The van der Waals surface area contributed by atoms with Gasteiger partial charge in [-0.3, -0.25) is 9.69 Å². The first-order valence-electron chi connectivity index (χ1n) is 13.3. The number of carboxylic acids is 2. The molecule has 0 aliphatic carbocycles. The highest BCUT2D eigenvalue weighted by atomic mass is 32.1. The highest BCUT2D eigenvalue weighted by Crippen LogP contribution is 2.35. The molecule has 1 aliphatic heterocycles. The molecular formula is C27H34N6O8S. The first-order chi connectivity index (χ1) is 20.1. The second kappa shape index (κ2) is 15.0. The van der Waals surface area contributed by atoms with Gasteiger partial charge < -0.3 is 19.8 Å². The van der Waals surface area contributed by atoms with Crippen molar-refractivity contribution in [2.24, 2.45) is 0 Å². The minimum absolute atomic E-state index is 0.120. The molecule has 1 amide bonds. The van der Waals surface area contributed by atoms with E-state index in [1.807, 2.05) is 47.8 Å². The summed E-state index contributed by atoms with van der Waals surface area (Å²) in [5, 5.41) is 24.9. The van der Waals surface area contributed by atoms with E-state index in [-0.39, 0.29) is 18.0 Å². The Morgan fingerprint density at radius 1 is 0.952 bits per heavy atom. The van der Waals surface area contributed by atoms with Crippen LogP contribution < -0.4 is 10.6 Å². The van der Waals surface area contributed by atoms with Crippen molar-refractivity contribution in [3.63, 3.8) is 0 Å². The van der Waals surface area contributed by atoms with Gasteiger partial charge in [-0.25, -0.2) is 19.2 Å². The number of hydrogen-bond donors (Lipinski definition) is 2. The molecule has 0 bridgehead atoms. The third kappa shape index (κ3) is 7.88. The Kier molecular flexibility index (Phi) is 11.5. The Bertz CT molecular complexity index is 1390. The van der Waals surface area contributed by atoms with Gasteiger partial charge in [0.1, 0.15) is 5.54 Å². The first kappa shape index (κ1) is 32.1. The van der Waals surface area contributed by atoms with Crippen LogP contribution in [0.15, 0.2) is 52.6 Å². The molecule has 15 heteroatoms. The largest absolute Gasteiger partial charge is 0.473 e. The van der Waals surface area contributed by atoms with Crippen LogP contribution in [-0.2, 0) is 43.4 Å². The minimum atomic E-state index is -1.82. The zero-order valence-electron chi connectivity index (χ0n) is 23.4. The molecule has 1 saturated heterocycles. The van der Waals surface area contributed by atoms with Gasteiger partial charge >= 0.3 is 23.6 Å². The number of piperidine rings is 1. The van der Waals surface area contributed by atoms with E-state index in [1.54, 1.807) is 23.2 Å². The Morgan fingerprint density at radius 3 is 2.10 bits per heavy atom. The van der Waals surface area contributed by atoms with Crippen LogP contribution in [0.3, 0.4) is 0 Å². The summed E-state index contributed by atoms with van der Waals surface area (Å²) < 4.78 is 7.98. The molecule has 2 aromatic heterocycles. The first-order valence-corrected chi connectivity index (χ1v) is 14.2. The number of tetrazole rings is 1. The lowest BCUT2D eigenvalue weighted by Crippen LogP contribution is -2.62. The van der Waals surface area contributed by atoms with Crippen LogP contribution in [0.1, 0.15) is 31.1 Å². The second-order valence-corrected chi connectivity index (χ2v) is 10.5. The number of hydrogen-bond acceptors (Lipinski definition) is 10. The number of anilines is 1. The zero-order chi connectivity index (χ0) is 30.7. The van der Waals surface area contributed by atoms with Crippen molar-refractivity contribution in [1.29, 1.82) is 0 Å². The lowest BCUT2D eigenvalue weighted by molar-refractivity contribution is -0.159. The van der Waals surface area contributed by atoms with Gasteiger partial charge in [0, 0.05) is 43.0 Å². The van der Waals surface area contributed by atoms with Crippen LogP contribution in [-0.4, -0.2) is 91.0 Å². The van der Waals surface area contributed by atoms with Crippen LogP contribution in [0.5, 0.6) is 0 Å². The molecule has 0 atom stereocenters. The van der Waals surface area contributed by atoms with Crippen molar-refractivity contribution in [3.8, 4) is 0 Å². The number of benzene rings is 1. The van der Waals surface area contributed by atoms with Crippen LogP contribution >= 0.6 is 11.3 Å². The van der Waals surface area contributed by atoms with E-state index in [4.69, 9.17) is 24.5 Å². The van der Waals surface area contributed by atoms with Crippen LogP contribution in [0.4, 0.5) is 5.69 Å². The molecule has 3 heterocycles. The molecule has 1 fully saturated rings. The number of amides is 1. The van der Waals surface area contributed by atoms with E-state index in [9.17, 15) is 14.4 Å². The average Bonchev–Trinajstić information content (AvgIpc) is 3.65. The lowest BCUT2D eigenvalue weighted by atomic mass is 9.84. The maximum absolute atomic E-state index is 13.1. The summed E-state index contributed by atoms with van der Waals surface area (Å²) >= 11 is 1.66. The van der Waals surface area contributed by atoms with Crippen molar-refractivity contribution >= 4 is 40.8 Å². The van der Waals surface area contributed by atoms with Gasteiger partial charge in [-0.2, -0.15) is 9.36 Å². The molecule has 0 spiro atoms. The van der Waals surface area contributed by atoms with Crippen molar-refractivity contribution in [2.75, 3.05) is 31.6 Å². The minimum Gasteiger partial charge on any atom is -0.473 e. The maximum Gasteiger partial charge on any atom is 0.414 e. The van der Waals surface area contributed by atoms with Crippen LogP contribution in [0.25, 0.3) is 0 Å². The molecule has 1 aliphatic rings. The smallest absolute Gasteiger partial charge is 0.414 e. The predicted octanol–water partition coefficient (Wildman–Crippen LogP) is 1.35. The van der Waals surface area contributed by atoms with E-state index in [1.165, 1.54) is 21.4 Å². The SMILES string of the molecule is CCC(=O)N(c1ccccc1)C1(C(=O)OC)CCN(CCn2nnn(CCc3cccs3)c2=O)CC1.O=C(O)C(=O)O.